The molecule has 3 N–H and O–H groups in total. The molecule has 1 unspecified atom stereocenters. The van der Waals surface area contributed by atoms with Crippen molar-refractivity contribution in [2.75, 3.05) is 26.3 Å². The van der Waals surface area contributed by atoms with Gasteiger partial charge in [0.1, 0.15) is 23.3 Å². The number of aromatic amines is 1. The first kappa shape index (κ1) is 21.1. The molecule has 2 heterocycles. The standard InChI is InChI=1S/C20H22BrN3O5S/c21-13-6-7-17-16(10-13)19(18(23-17)20(22)25)30(26,27)24-8-9-28-15(11-24)12-29-14-4-2-1-3-5-14/h1-2,4,6-7,10,15,23H,3,5,8-9,11-12H2,(H2,22,25). The van der Waals surface area contributed by atoms with Gasteiger partial charge in [0.25, 0.3) is 5.91 Å². The zero-order valence-corrected chi connectivity index (χ0v) is 18.5. The van der Waals surface area contributed by atoms with E-state index in [2.05, 4.69) is 27.0 Å². The maximum Gasteiger partial charge on any atom is 0.266 e. The van der Waals surface area contributed by atoms with E-state index in [1.54, 1.807) is 18.2 Å². The molecule has 1 aromatic heterocycles. The number of halogens is 1. The van der Waals surface area contributed by atoms with Gasteiger partial charge in [0.15, 0.2) is 0 Å². The van der Waals surface area contributed by atoms with Crippen LogP contribution < -0.4 is 5.73 Å². The SMILES string of the molecule is NC(=O)c1[nH]c2ccc(Br)cc2c1S(=O)(=O)N1CCOC(COC2=CC=CCC2)C1. The van der Waals surface area contributed by atoms with Crippen LogP contribution in [0.4, 0.5) is 0 Å². The summed E-state index contributed by atoms with van der Waals surface area (Å²) in [4.78, 5) is 14.7. The number of hydrogen-bond acceptors (Lipinski definition) is 5. The highest BCUT2D eigenvalue weighted by Crippen LogP contribution is 2.32. The molecule has 4 rings (SSSR count). The van der Waals surface area contributed by atoms with E-state index >= 15 is 0 Å². The number of nitrogens with two attached hydrogens (primary N) is 1. The Bertz CT molecular complexity index is 1140. The second-order valence-corrected chi connectivity index (χ2v) is 9.94. The van der Waals surface area contributed by atoms with Gasteiger partial charge in [-0.25, -0.2) is 8.42 Å². The van der Waals surface area contributed by atoms with Crippen molar-refractivity contribution in [3.63, 3.8) is 0 Å². The minimum absolute atomic E-state index is 0.104. The number of H-pyrrole nitrogens is 1. The first-order valence-corrected chi connectivity index (χ1v) is 11.8. The number of morpholine rings is 1. The number of amides is 1. The molecule has 1 aliphatic carbocycles. The third-order valence-corrected chi connectivity index (χ3v) is 7.53. The lowest BCUT2D eigenvalue weighted by Gasteiger charge is -2.32. The predicted molar refractivity (Wildman–Crippen MR) is 115 cm³/mol. The van der Waals surface area contributed by atoms with Gasteiger partial charge in [-0.3, -0.25) is 4.79 Å². The van der Waals surface area contributed by atoms with Crippen molar-refractivity contribution in [2.45, 2.75) is 23.8 Å². The first-order chi connectivity index (χ1) is 14.4. The molecule has 1 fully saturated rings. The number of carbonyl (C=O) groups excluding carboxylic acids is 1. The predicted octanol–water partition coefficient (Wildman–Crippen LogP) is 2.67. The van der Waals surface area contributed by atoms with E-state index in [9.17, 15) is 13.2 Å². The number of benzene rings is 1. The maximum atomic E-state index is 13.5. The number of nitrogens with zero attached hydrogens (tertiary/aromatic N) is 1. The van der Waals surface area contributed by atoms with E-state index in [1.165, 1.54) is 4.31 Å². The van der Waals surface area contributed by atoms with E-state index in [0.717, 1.165) is 18.6 Å². The molecule has 2 aromatic rings. The van der Waals surface area contributed by atoms with Crippen molar-refractivity contribution >= 4 is 42.8 Å². The van der Waals surface area contributed by atoms with Crippen molar-refractivity contribution in [3.05, 3.63) is 52.4 Å². The van der Waals surface area contributed by atoms with Crippen LogP contribution in [0, 0.1) is 0 Å². The van der Waals surface area contributed by atoms with Crippen molar-refractivity contribution in [3.8, 4) is 0 Å². The second-order valence-electron chi connectivity index (χ2n) is 7.15. The topological polar surface area (TPSA) is 115 Å². The Labute approximate surface area is 182 Å². The second kappa shape index (κ2) is 8.54. The Hall–Kier alpha value is -2.14. The van der Waals surface area contributed by atoms with E-state index in [-0.39, 0.29) is 36.9 Å². The first-order valence-electron chi connectivity index (χ1n) is 9.57. The average molecular weight is 496 g/mol. The summed E-state index contributed by atoms with van der Waals surface area (Å²) < 4.78 is 40.6. The van der Waals surface area contributed by atoms with E-state index in [4.69, 9.17) is 15.2 Å². The lowest BCUT2D eigenvalue weighted by molar-refractivity contribution is -0.0388. The number of carbonyl (C=O) groups is 1. The van der Waals surface area contributed by atoms with Gasteiger partial charge < -0.3 is 20.2 Å². The molecule has 30 heavy (non-hydrogen) atoms. The summed E-state index contributed by atoms with van der Waals surface area (Å²) in [7, 11) is -3.99. The van der Waals surface area contributed by atoms with Crippen LogP contribution in [0.2, 0.25) is 0 Å². The fraction of sp³-hybridized carbons (Fsp3) is 0.350. The van der Waals surface area contributed by atoms with Gasteiger partial charge in [-0.2, -0.15) is 4.31 Å². The summed E-state index contributed by atoms with van der Waals surface area (Å²) in [5.74, 6) is 0.0323. The Morgan fingerprint density at radius 3 is 2.97 bits per heavy atom. The third-order valence-electron chi connectivity index (χ3n) is 5.09. The number of aromatic nitrogens is 1. The Kier molecular flexibility index (Phi) is 6.01. The molecule has 10 heteroatoms. The number of sulfonamides is 1. The Balaban J connectivity index is 1.60. The minimum atomic E-state index is -3.99. The summed E-state index contributed by atoms with van der Waals surface area (Å²) >= 11 is 3.36. The van der Waals surface area contributed by atoms with Gasteiger partial charge in [0.05, 0.1) is 12.4 Å². The number of fused-ring (bicyclic) bond motifs is 1. The van der Waals surface area contributed by atoms with Gasteiger partial charge in [0.2, 0.25) is 10.0 Å². The number of hydrogen-bond donors (Lipinski definition) is 2. The molecule has 0 saturated carbocycles. The molecule has 2 aliphatic rings. The number of nitrogens with one attached hydrogen (secondary N) is 1. The highest BCUT2D eigenvalue weighted by atomic mass is 79.9. The fourth-order valence-corrected chi connectivity index (χ4v) is 5.78. The molecule has 1 amide bonds. The molecular formula is C20H22BrN3O5S. The molecule has 1 atom stereocenters. The minimum Gasteiger partial charge on any atom is -0.495 e. The Morgan fingerprint density at radius 2 is 2.23 bits per heavy atom. The maximum absolute atomic E-state index is 13.5. The van der Waals surface area contributed by atoms with Crippen LogP contribution in [0.1, 0.15) is 23.3 Å². The molecule has 8 nitrogen and oxygen atoms in total. The molecule has 0 spiro atoms. The van der Waals surface area contributed by atoms with Crippen LogP contribution in [0.5, 0.6) is 0 Å². The quantitative estimate of drug-likeness (QED) is 0.638. The van der Waals surface area contributed by atoms with E-state index < -0.39 is 22.0 Å². The lowest BCUT2D eigenvalue weighted by atomic mass is 10.2. The summed E-state index contributed by atoms with van der Waals surface area (Å²) in [6.07, 6.45) is 7.24. The van der Waals surface area contributed by atoms with Gasteiger partial charge in [-0.1, -0.05) is 28.1 Å². The zero-order chi connectivity index (χ0) is 21.3. The molecule has 1 saturated heterocycles. The van der Waals surface area contributed by atoms with Crippen molar-refractivity contribution in [1.29, 1.82) is 0 Å². The van der Waals surface area contributed by atoms with Gasteiger partial charge in [0, 0.05) is 34.9 Å². The summed E-state index contributed by atoms with van der Waals surface area (Å²) in [5.41, 5.74) is 5.88. The number of primary amides is 1. The molecule has 0 radical (unpaired) electrons. The largest absolute Gasteiger partial charge is 0.495 e. The van der Waals surface area contributed by atoms with Gasteiger partial charge >= 0.3 is 0 Å². The van der Waals surface area contributed by atoms with Crippen LogP contribution in [0.15, 0.2) is 51.6 Å². The van der Waals surface area contributed by atoms with Crippen molar-refractivity contribution in [1.82, 2.24) is 9.29 Å². The van der Waals surface area contributed by atoms with Crippen LogP contribution in [0.25, 0.3) is 10.9 Å². The summed E-state index contributed by atoms with van der Waals surface area (Å²) in [6.45, 7) is 0.811. The van der Waals surface area contributed by atoms with Gasteiger partial charge in [-0.15, -0.1) is 0 Å². The average Bonchev–Trinajstić information content (AvgIpc) is 3.13. The normalized spacial score (nSPS) is 20.3. The van der Waals surface area contributed by atoms with Crippen LogP contribution in [0.3, 0.4) is 0 Å². The van der Waals surface area contributed by atoms with Crippen molar-refractivity contribution in [2.24, 2.45) is 5.73 Å². The number of rotatable bonds is 6. The van der Waals surface area contributed by atoms with Gasteiger partial charge in [-0.05, 0) is 30.7 Å². The van der Waals surface area contributed by atoms with Crippen LogP contribution in [-0.2, 0) is 19.5 Å². The molecule has 0 bridgehead atoms. The highest BCUT2D eigenvalue weighted by molar-refractivity contribution is 9.10. The molecular weight excluding hydrogens is 474 g/mol. The third kappa shape index (κ3) is 4.18. The van der Waals surface area contributed by atoms with Crippen molar-refractivity contribution < 1.29 is 22.7 Å². The van der Waals surface area contributed by atoms with Crippen LogP contribution in [-0.4, -0.2) is 56.0 Å². The summed E-state index contributed by atoms with van der Waals surface area (Å²) in [5, 5.41) is 0.414. The number of allylic oxidation sites excluding steroid dienone is 4. The monoisotopic (exact) mass is 495 g/mol. The Morgan fingerprint density at radius 1 is 1.40 bits per heavy atom. The van der Waals surface area contributed by atoms with Crippen LogP contribution >= 0.6 is 15.9 Å². The molecule has 160 valence electrons. The molecule has 1 aliphatic heterocycles. The van der Waals surface area contributed by atoms with E-state index in [1.807, 2.05) is 12.2 Å². The highest BCUT2D eigenvalue weighted by Gasteiger charge is 2.36. The molecule has 1 aromatic carbocycles. The zero-order valence-electron chi connectivity index (χ0n) is 16.1. The number of ether oxygens (including phenoxy) is 2. The van der Waals surface area contributed by atoms with E-state index in [0.29, 0.717) is 15.4 Å². The fourth-order valence-electron chi connectivity index (χ4n) is 3.62. The lowest BCUT2D eigenvalue weighted by Crippen LogP contribution is -2.47. The summed E-state index contributed by atoms with van der Waals surface area (Å²) in [6, 6.07) is 5.12. The smallest absolute Gasteiger partial charge is 0.266 e.